The lowest BCUT2D eigenvalue weighted by Crippen LogP contribution is -2.39. The molecule has 1 atom stereocenters. The van der Waals surface area contributed by atoms with Crippen LogP contribution in [0.3, 0.4) is 0 Å². The Morgan fingerprint density at radius 2 is 1.07 bits per heavy atom. The molecule has 0 fully saturated rings. The zero-order chi connectivity index (χ0) is 21.5. The van der Waals surface area contributed by atoms with Crippen molar-refractivity contribution in [1.29, 1.82) is 0 Å². The molecule has 0 spiro atoms. The number of benzene rings is 3. The van der Waals surface area contributed by atoms with Crippen molar-refractivity contribution in [2.45, 2.75) is 33.0 Å². The van der Waals surface area contributed by atoms with E-state index < -0.39 is 21.5 Å². The van der Waals surface area contributed by atoms with Crippen LogP contribution in [-0.4, -0.2) is 29.4 Å². The van der Waals surface area contributed by atoms with Crippen molar-refractivity contribution in [3.63, 3.8) is 0 Å². The van der Waals surface area contributed by atoms with Crippen LogP contribution >= 0.6 is 0 Å². The Morgan fingerprint density at radius 1 is 0.793 bits per heavy atom. The summed E-state index contributed by atoms with van der Waals surface area (Å²) in [5.41, 5.74) is 0. The molecule has 0 saturated heterocycles. The second-order valence-electron chi connectivity index (χ2n) is 5.94. The monoisotopic (exact) mass is 438 g/mol. The van der Waals surface area contributed by atoms with Crippen molar-refractivity contribution in [2.75, 3.05) is 0 Å². The summed E-state index contributed by atoms with van der Waals surface area (Å²) < 4.78 is 52.7. The molecule has 0 heterocycles. The van der Waals surface area contributed by atoms with E-state index in [-0.39, 0.29) is 10.9 Å². The van der Waals surface area contributed by atoms with Gasteiger partial charge in [0.15, 0.2) is 24.8 Å². The molecule has 0 bridgehead atoms. The number of alkyl halides is 2. The summed E-state index contributed by atoms with van der Waals surface area (Å²) in [5, 5.41) is 3.50. The third-order valence-electron chi connectivity index (χ3n) is 3.76. The number of rotatable bonds is 5. The standard InChI is InChI=1S/C18H15S.C3H6F2O4S/c1-4-10-16(11-5-1)19(17-12-6-2-7-13-17)18-14-8-3-9-15-18;1-2(6)3(4,5)10(7,8)9/h1-15H;2,6H,1H3,(H,7,8,9)/q+1;/p-1. The normalized spacial score (nSPS) is 12.8. The Balaban J connectivity index is 0.000000257. The predicted molar refractivity (Wildman–Crippen MR) is 108 cm³/mol. The molecule has 0 aliphatic heterocycles. The molecule has 4 nitrogen and oxygen atoms in total. The molecule has 0 aliphatic rings. The van der Waals surface area contributed by atoms with E-state index in [2.05, 4.69) is 91.0 Å². The Hall–Kier alpha value is -2.26. The number of aliphatic hydroxyl groups excluding tert-OH is 1. The number of aliphatic hydroxyl groups is 1. The van der Waals surface area contributed by atoms with Crippen LogP contribution in [0.4, 0.5) is 8.78 Å². The van der Waals surface area contributed by atoms with Gasteiger partial charge in [0.25, 0.3) is 0 Å². The maximum atomic E-state index is 11.9. The highest BCUT2D eigenvalue weighted by molar-refractivity contribution is 7.97. The van der Waals surface area contributed by atoms with Crippen LogP contribution < -0.4 is 0 Å². The summed E-state index contributed by atoms with van der Waals surface area (Å²) >= 11 is 0. The Morgan fingerprint density at radius 3 is 1.24 bits per heavy atom. The van der Waals surface area contributed by atoms with Gasteiger partial charge in [0.1, 0.15) is 6.10 Å². The van der Waals surface area contributed by atoms with Gasteiger partial charge in [-0.05, 0) is 43.3 Å². The van der Waals surface area contributed by atoms with Crippen molar-refractivity contribution in [2.24, 2.45) is 0 Å². The molecule has 0 aliphatic carbocycles. The van der Waals surface area contributed by atoms with Crippen molar-refractivity contribution >= 4 is 21.0 Å². The number of halogens is 2. The minimum Gasteiger partial charge on any atom is -0.743 e. The van der Waals surface area contributed by atoms with Gasteiger partial charge in [-0.2, -0.15) is 8.78 Å². The molecule has 0 saturated carbocycles. The largest absolute Gasteiger partial charge is 0.743 e. The molecule has 154 valence electrons. The lowest BCUT2D eigenvalue weighted by molar-refractivity contribution is -0.0375. The van der Waals surface area contributed by atoms with Gasteiger partial charge in [0.05, 0.1) is 10.9 Å². The van der Waals surface area contributed by atoms with Gasteiger partial charge in [-0.1, -0.05) is 54.6 Å². The minimum absolute atomic E-state index is 0.0146. The molecule has 29 heavy (non-hydrogen) atoms. The van der Waals surface area contributed by atoms with E-state index in [4.69, 9.17) is 5.11 Å². The van der Waals surface area contributed by atoms with Gasteiger partial charge in [0.2, 0.25) is 0 Å². The Kier molecular flexibility index (Phi) is 7.92. The number of hydrogen-bond acceptors (Lipinski definition) is 4. The fourth-order valence-electron chi connectivity index (χ4n) is 2.29. The van der Waals surface area contributed by atoms with Crippen LogP contribution in [0.1, 0.15) is 6.92 Å². The van der Waals surface area contributed by atoms with Crippen LogP contribution in [0.25, 0.3) is 0 Å². The van der Waals surface area contributed by atoms with Crippen LogP contribution in [-0.2, 0) is 21.0 Å². The first kappa shape index (κ1) is 23.0. The lowest BCUT2D eigenvalue weighted by Gasteiger charge is -2.21. The molecule has 0 amide bonds. The Labute approximate surface area is 171 Å². The molecule has 8 heteroatoms. The zero-order valence-electron chi connectivity index (χ0n) is 15.5. The summed E-state index contributed by atoms with van der Waals surface area (Å²) in [6, 6.07) is 32.2. The molecular weight excluding hydrogens is 418 g/mol. The maximum Gasteiger partial charge on any atom is 0.359 e. The summed E-state index contributed by atoms with van der Waals surface area (Å²) in [6.07, 6.45) is -2.48. The first-order valence-electron chi connectivity index (χ1n) is 8.55. The SMILES string of the molecule is CC(O)C(F)(F)S(=O)(=O)[O-].c1ccc([S+](c2ccccc2)c2ccccc2)cc1. The van der Waals surface area contributed by atoms with E-state index >= 15 is 0 Å². The van der Waals surface area contributed by atoms with Crippen LogP contribution in [0.2, 0.25) is 0 Å². The van der Waals surface area contributed by atoms with E-state index in [9.17, 15) is 21.8 Å². The summed E-state index contributed by atoms with van der Waals surface area (Å²) in [4.78, 5) is 4.08. The summed E-state index contributed by atoms with van der Waals surface area (Å²) in [6.45, 7) is 0.523. The molecule has 0 aromatic heterocycles. The van der Waals surface area contributed by atoms with Gasteiger partial charge >= 0.3 is 5.25 Å². The van der Waals surface area contributed by atoms with Crippen molar-refractivity contribution in [3.8, 4) is 0 Å². The second kappa shape index (κ2) is 9.98. The van der Waals surface area contributed by atoms with E-state index in [1.165, 1.54) is 14.7 Å². The topological polar surface area (TPSA) is 77.4 Å². The Bertz CT molecular complexity index is 887. The van der Waals surface area contributed by atoms with Gasteiger partial charge in [-0.3, -0.25) is 0 Å². The summed E-state index contributed by atoms with van der Waals surface area (Å²) in [5.74, 6) is 0. The fourth-order valence-corrected chi connectivity index (χ4v) is 4.81. The van der Waals surface area contributed by atoms with Gasteiger partial charge in [-0.25, -0.2) is 8.42 Å². The molecule has 1 N–H and O–H groups in total. The molecule has 3 aromatic carbocycles. The predicted octanol–water partition coefficient (Wildman–Crippen LogP) is 4.29. The van der Waals surface area contributed by atoms with Crippen LogP contribution in [0.15, 0.2) is 106 Å². The highest BCUT2D eigenvalue weighted by atomic mass is 32.2. The van der Waals surface area contributed by atoms with Crippen molar-refractivity contribution in [1.82, 2.24) is 0 Å². The van der Waals surface area contributed by atoms with E-state index in [0.29, 0.717) is 6.92 Å². The van der Waals surface area contributed by atoms with E-state index in [1.54, 1.807) is 0 Å². The van der Waals surface area contributed by atoms with Gasteiger partial charge in [-0.15, -0.1) is 0 Å². The fraction of sp³-hybridized carbons (Fsp3) is 0.143. The molecule has 3 aromatic rings. The van der Waals surface area contributed by atoms with E-state index in [0.717, 1.165) is 0 Å². The molecule has 3 rings (SSSR count). The average Bonchev–Trinajstić information content (AvgIpc) is 2.70. The molecular formula is C21H20F2O4S2. The molecule has 0 radical (unpaired) electrons. The minimum atomic E-state index is -5.73. The third-order valence-corrected chi connectivity index (χ3v) is 6.99. The molecule has 1 unspecified atom stereocenters. The first-order chi connectivity index (χ1) is 13.6. The highest BCUT2D eigenvalue weighted by Crippen LogP contribution is 2.30. The quantitative estimate of drug-likeness (QED) is 0.476. The zero-order valence-corrected chi connectivity index (χ0v) is 17.1. The average molecular weight is 439 g/mol. The van der Waals surface area contributed by atoms with Crippen molar-refractivity contribution < 1.29 is 26.9 Å². The lowest BCUT2D eigenvalue weighted by atomic mass is 10.4. The van der Waals surface area contributed by atoms with E-state index in [1.807, 2.05) is 0 Å². The maximum absolute atomic E-state index is 11.9. The van der Waals surface area contributed by atoms with Crippen molar-refractivity contribution in [3.05, 3.63) is 91.0 Å². The van der Waals surface area contributed by atoms with Gasteiger partial charge < -0.3 is 9.66 Å². The summed E-state index contributed by atoms with van der Waals surface area (Å²) in [7, 11) is -5.75. The highest BCUT2D eigenvalue weighted by Gasteiger charge is 2.42. The second-order valence-corrected chi connectivity index (χ2v) is 9.42. The van der Waals surface area contributed by atoms with Crippen LogP contribution in [0.5, 0.6) is 0 Å². The smallest absolute Gasteiger partial charge is 0.359 e. The van der Waals surface area contributed by atoms with Crippen LogP contribution in [0, 0.1) is 0 Å². The number of hydrogen-bond donors (Lipinski definition) is 1. The van der Waals surface area contributed by atoms with Gasteiger partial charge in [0, 0.05) is 0 Å². The first-order valence-corrected chi connectivity index (χ1v) is 11.2. The third kappa shape index (κ3) is 6.11.